The Morgan fingerprint density at radius 2 is 1.73 bits per heavy atom. The van der Waals surface area contributed by atoms with Gasteiger partial charge in [0.05, 0.1) is 11.4 Å². The van der Waals surface area contributed by atoms with Crippen LogP contribution in [0.15, 0.2) is 59.8 Å². The predicted molar refractivity (Wildman–Crippen MR) is 152 cm³/mol. The molecule has 7 nitrogen and oxygen atoms in total. The van der Waals surface area contributed by atoms with Gasteiger partial charge in [-0.15, -0.1) is 21.5 Å². The molecule has 37 heavy (non-hydrogen) atoms. The number of anilines is 1. The van der Waals surface area contributed by atoms with Crippen molar-refractivity contribution in [2.75, 3.05) is 11.1 Å². The maximum absolute atomic E-state index is 12.7. The molecule has 0 bridgehead atoms. The smallest absolute Gasteiger partial charge is 0.236 e. The molecule has 1 atom stereocenters. The summed E-state index contributed by atoms with van der Waals surface area (Å²) in [4.78, 5) is 18.4. The molecule has 0 saturated heterocycles. The Bertz CT molecular complexity index is 1330. The average Bonchev–Trinajstić information content (AvgIpc) is 3.47. The van der Waals surface area contributed by atoms with Crippen molar-refractivity contribution in [1.29, 1.82) is 0 Å². The number of nitrogens with one attached hydrogen (secondary N) is 1. The number of ether oxygens (including phenoxy) is 1. The molecule has 0 aliphatic rings. The Morgan fingerprint density at radius 1 is 1.03 bits per heavy atom. The molecular formula is C28H33N5O2S2. The Balaban J connectivity index is 1.40. The van der Waals surface area contributed by atoms with Crippen LogP contribution in [0.1, 0.15) is 68.9 Å². The molecule has 4 rings (SSSR count). The zero-order valence-electron chi connectivity index (χ0n) is 22.1. The Hall–Kier alpha value is -3.17. The second kappa shape index (κ2) is 11.9. The van der Waals surface area contributed by atoms with Crippen molar-refractivity contribution in [3.63, 3.8) is 0 Å². The summed E-state index contributed by atoms with van der Waals surface area (Å²) >= 11 is 2.83. The van der Waals surface area contributed by atoms with Crippen LogP contribution in [0.4, 0.5) is 5.13 Å². The lowest BCUT2D eigenvalue weighted by molar-refractivity contribution is -0.113. The summed E-state index contributed by atoms with van der Waals surface area (Å²) in [5.41, 5.74) is 3.20. The number of hydrogen-bond donors (Lipinski definition) is 1. The van der Waals surface area contributed by atoms with Gasteiger partial charge in [0.1, 0.15) is 5.75 Å². The van der Waals surface area contributed by atoms with E-state index in [0.29, 0.717) is 16.2 Å². The van der Waals surface area contributed by atoms with E-state index in [1.807, 2.05) is 60.9 Å². The van der Waals surface area contributed by atoms with Crippen molar-refractivity contribution < 1.29 is 9.53 Å². The Labute approximate surface area is 226 Å². The zero-order chi connectivity index (χ0) is 26.5. The van der Waals surface area contributed by atoms with E-state index in [4.69, 9.17) is 4.74 Å². The lowest BCUT2D eigenvalue weighted by Crippen LogP contribution is -2.16. The second-order valence-corrected chi connectivity index (χ2v) is 11.6. The molecule has 0 radical (unpaired) electrons. The number of carbonyl (C=O) groups is 1. The first-order valence-electron chi connectivity index (χ1n) is 12.4. The third kappa shape index (κ3) is 6.59. The maximum Gasteiger partial charge on any atom is 0.236 e. The zero-order valence-corrected chi connectivity index (χ0v) is 23.7. The monoisotopic (exact) mass is 535 g/mol. The molecular weight excluding hydrogens is 502 g/mol. The van der Waals surface area contributed by atoms with E-state index < -0.39 is 0 Å². The largest absolute Gasteiger partial charge is 0.483 e. The summed E-state index contributed by atoms with van der Waals surface area (Å²) in [5, 5.41) is 13.0. The molecule has 2 aromatic carbocycles. The molecule has 2 aromatic heterocycles. The summed E-state index contributed by atoms with van der Waals surface area (Å²) in [6, 6.07) is 18.3. The molecule has 0 fully saturated rings. The molecule has 4 aromatic rings. The van der Waals surface area contributed by atoms with Crippen LogP contribution in [-0.2, 0) is 4.79 Å². The van der Waals surface area contributed by atoms with Crippen molar-refractivity contribution in [2.24, 2.45) is 0 Å². The van der Waals surface area contributed by atoms with Gasteiger partial charge in [-0.2, -0.15) is 0 Å². The fourth-order valence-corrected chi connectivity index (χ4v) is 5.66. The number of nitrogens with zero attached hydrogens (tertiary/aromatic N) is 4. The number of thioether (sulfide) groups is 1. The molecule has 2 heterocycles. The third-order valence-corrected chi connectivity index (χ3v) is 7.68. The SMILES string of the molecule is Cc1sc(NC(=O)CSc2nnc(C(C)Oc3ccc(C(C)C)cc3)n2C(C)C)nc1-c1ccccc1. The second-order valence-electron chi connectivity index (χ2n) is 9.42. The van der Waals surface area contributed by atoms with Gasteiger partial charge in [-0.3, -0.25) is 4.79 Å². The van der Waals surface area contributed by atoms with Gasteiger partial charge in [0.15, 0.2) is 22.2 Å². The molecule has 0 spiro atoms. The third-order valence-electron chi connectivity index (χ3n) is 5.85. The van der Waals surface area contributed by atoms with Gasteiger partial charge in [0.25, 0.3) is 0 Å². The molecule has 9 heteroatoms. The van der Waals surface area contributed by atoms with Crippen LogP contribution in [0.25, 0.3) is 11.3 Å². The van der Waals surface area contributed by atoms with Crippen LogP contribution in [0.5, 0.6) is 5.75 Å². The lowest BCUT2D eigenvalue weighted by Gasteiger charge is -2.19. The van der Waals surface area contributed by atoms with Crippen LogP contribution in [-0.4, -0.2) is 31.4 Å². The molecule has 1 amide bonds. The van der Waals surface area contributed by atoms with Crippen LogP contribution in [0, 0.1) is 6.92 Å². The van der Waals surface area contributed by atoms with Gasteiger partial charge in [-0.1, -0.05) is 68.1 Å². The van der Waals surface area contributed by atoms with Gasteiger partial charge in [0, 0.05) is 16.5 Å². The van der Waals surface area contributed by atoms with Gasteiger partial charge in [0.2, 0.25) is 5.91 Å². The number of thiazole rings is 1. The lowest BCUT2D eigenvalue weighted by atomic mass is 10.0. The highest BCUT2D eigenvalue weighted by atomic mass is 32.2. The summed E-state index contributed by atoms with van der Waals surface area (Å²) in [6.07, 6.45) is -0.294. The molecule has 194 valence electrons. The summed E-state index contributed by atoms with van der Waals surface area (Å²) < 4.78 is 8.21. The normalized spacial score (nSPS) is 12.2. The first-order valence-corrected chi connectivity index (χ1v) is 14.2. The van der Waals surface area contributed by atoms with Crippen molar-refractivity contribution >= 4 is 34.1 Å². The highest BCUT2D eigenvalue weighted by Crippen LogP contribution is 2.31. The molecule has 0 aliphatic heterocycles. The molecule has 1 N–H and O–H groups in total. The number of amides is 1. The van der Waals surface area contributed by atoms with Crippen LogP contribution < -0.4 is 10.1 Å². The van der Waals surface area contributed by atoms with E-state index in [-0.39, 0.29) is 23.8 Å². The number of carbonyl (C=O) groups excluding carboxylic acids is 1. The quantitative estimate of drug-likeness (QED) is 0.215. The van der Waals surface area contributed by atoms with Gasteiger partial charge in [-0.05, 0) is 51.3 Å². The number of rotatable bonds is 10. The fraction of sp³-hybridized carbons (Fsp3) is 0.357. The van der Waals surface area contributed by atoms with E-state index in [9.17, 15) is 4.79 Å². The standard InChI is InChI=1S/C28H33N5O2S2/c1-17(2)21-12-14-23(15-13-21)35-19(5)26-31-32-28(33(26)18(3)4)36-16-24(34)29-27-30-25(20(6)37-27)22-10-8-7-9-11-22/h7-15,17-19H,16H2,1-6H3,(H,29,30,34). The van der Waals surface area contributed by atoms with E-state index in [2.05, 4.69) is 60.3 Å². The topological polar surface area (TPSA) is 81.9 Å². The van der Waals surface area contributed by atoms with E-state index in [0.717, 1.165) is 27.7 Å². The Morgan fingerprint density at radius 3 is 2.38 bits per heavy atom. The summed E-state index contributed by atoms with van der Waals surface area (Å²) in [7, 11) is 0. The van der Waals surface area contributed by atoms with Crippen LogP contribution >= 0.6 is 23.1 Å². The van der Waals surface area contributed by atoms with E-state index in [1.54, 1.807) is 0 Å². The van der Waals surface area contributed by atoms with Gasteiger partial charge < -0.3 is 14.6 Å². The number of aromatic nitrogens is 4. The minimum atomic E-state index is -0.294. The van der Waals surface area contributed by atoms with Crippen LogP contribution in [0.3, 0.4) is 0 Å². The van der Waals surface area contributed by atoms with E-state index in [1.165, 1.54) is 28.7 Å². The first-order chi connectivity index (χ1) is 17.7. The first kappa shape index (κ1) is 26.9. The summed E-state index contributed by atoms with van der Waals surface area (Å²) in [5.74, 6) is 2.06. The highest BCUT2D eigenvalue weighted by Gasteiger charge is 2.22. The Kier molecular flexibility index (Phi) is 8.66. The maximum atomic E-state index is 12.7. The highest BCUT2D eigenvalue weighted by molar-refractivity contribution is 7.99. The predicted octanol–water partition coefficient (Wildman–Crippen LogP) is 7.29. The average molecular weight is 536 g/mol. The molecule has 1 unspecified atom stereocenters. The van der Waals surface area contributed by atoms with Crippen LogP contribution in [0.2, 0.25) is 0 Å². The number of benzene rings is 2. The molecule has 0 saturated carbocycles. The van der Waals surface area contributed by atoms with Crippen molar-refractivity contribution in [1.82, 2.24) is 19.7 Å². The van der Waals surface area contributed by atoms with Crippen molar-refractivity contribution in [2.45, 2.75) is 64.8 Å². The minimum absolute atomic E-state index is 0.111. The van der Waals surface area contributed by atoms with Crippen molar-refractivity contribution in [3.05, 3.63) is 70.9 Å². The van der Waals surface area contributed by atoms with E-state index >= 15 is 0 Å². The minimum Gasteiger partial charge on any atom is -0.483 e. The number of aryl methyl sites for hydroxylation is 1. The van der Waals surface area contributed by atoms with Gasteiger partial charge >= 0.3 is 0 Å². The molecule has 0 aliphatic carbocycles. The summed E-state index contributed by atoms with van der Waals surface area (Å²) in [6.45, 7) is 12.5. The van der Waals surface area contributed by atoms with Crippen molar-refractivity contribution in [3.8, 4) is 17.0 Å². The van der Waals surface area contributed by atoms with Gasteiger partial charge in [-0.25, -0.2) is 4.98 Å². The number of hydrogen-bond acceptors (Lipinski definition) is 7. The fourth-order valence-electron chi connectivity index (χ4n) is 3.94.